The SMILES string of the molecule is CCCCCc1nc(N)c2nc(OC)n(CC)c2n1. The Hall–Kier alpha value is -1.85. The quantitative estimate of drug-likeness (QED) is 0.808. The van der Waals surface area contributed by atoms with Gasteiger partial charge < -0.3 is 10.5 Å². The molecular formula is C13H21N5O. The van der Waals surface area contributed by atoms with Gasteiger partial charge >= 0.3 is 0 Å². The van der Waals surface area contributed by atoms with Crippen molar-refractivity contribution < 1.29 is 4.74 Å². The topological polar surface area (TPSA) is 78.9 Å². The van der Waals surface area contributed by atoms with Crippen molar-refractivity contribution >= 4 is 17.0 Å². The molecule has 2 aromatic heterocycles. The second-order valence-electron chi connectivity index (χ2n) is 4.50. The van der Waals surface area contributed by atoms with E-state index in [1.165, 1.54) is 12.8 Å². The van der Waals surface area contributed by atoms with Crippen molar-refractivity contribution in [2.24, 2.45) is 0 Å². The van der Waals surface area contributed by atoms with Crippen molar-refractivity contribution in [2.75, 3.05) is 12.8 Å². The van der Waals surface area contributed by atoms with Crippen LogP contribution in [0, 0.1) is 0 Å². The predicted molar refractivity (Wildman–Crippen MR) is 75.2 cm³/mol. The van der Waals surface area contributed by atoms with Crippen molar-refractivity contribution in [3.05, 3.63) is 5.82 Å². The molecule has 0 fully saturated rings. The van der Waals surface area contributed by atoms with E-state index < -0.39 is 0 Å². The highest BCUT2D eigenvalue weighted by Gasteiger charge is 2.15. The zero-order chi connectivity index (χ0) is 13.8. The van der Waals surface area contributed by atoms with Gasteiger partial charge in [-0.1, -0.05) is 19.8 Å². The number of aryl methyl sites for hydroxylation is 2. The first-order chi connectivity index (χ1) is 9.21. The van der Waals surface area contributed by atoms with Gasteiger partial charge in [0.25, 0.3) is 6.01 Å². The number of unbranched alkanes of at least 4 members (excludes halogenated alkanes) is 2. The summed E-state index contributed by atoms with van der Waals surface area (Å²) in [6.45, 7) is 4.94. The molecular weight excluding hydrogens is 242 g/mol. The predicted octanol–water partition coefficient (Wildman–Crippen LogP) is 2.17. The summed E-state index contributed by atoms with van der Waals surface area (Å²) in [4.78, 5) is 13.2. The van der Waals surface area contributed by atoms with Crippen molar-refractivity contribution in [3.63, 3.8) is 0 Å². The van der Waals surface area contributed by atoms with Crippen molar-refractivity contribution in [1.82, 2.24) is 19.5 Å². The molecule has 0 atom stereocenters. The van der Waals surface area contributed by atoms with Crippen molar-refractivity contribution in [2.45, 2.75) is 46.1 Å². The summed E-state index contributed by atoms with van der Waals surface area (Å²) in [6, 6.07) is 0.532. The number of hydrogen-bond acceptors (Lipinski definition) is 5. The van der Waals surface area contributed by atoms with E-state index in [9.17, 15) is 0 Å². The second kappa shape index (κ2) is 5.86. The largest absolute Gasteiger partial charge is 0.468 e. The summed E-state index contributed by atoms with van der Waals surface area (Å²) in [5.74, 6) is 1.22. The third kappa shape index (κ3) is 2.62. The minimum absolute atomic E-state index is 0.432. The van der Waals surface area contributed by atoms with Gasteiger partial charge in [0, 0.05) is 13.0 Å². The van der Waals surface area contributed by atoms with E-state index in [0.29, 0.717) is 17.3 Å². The summed E-state index contributed by atoms with van der Waals surface area (Å²) in [5.41, 5.74) is 7.36. The van der Waals surface area contributed by atoms with Gasteiger partial charge in [0.2, 0.25) is 0 Å². The van der Waals surface area contributed by atoms with Crippen LogP contribution in [0.25, 0.3) is 11.2 Å². The van der Waals surface area contributed by atoms with E-state index in [4.69, 9.17) is 10.5 Å². The van der Waals surface area contributed by atoms with Crippen LogP contribution >= 0.6 is 0 Å². The van der Waals surface area contributed by atoms with Gasteiger partial charge in [0.15, 0.2) is 17.0 Å². The molecule has 6 heteroatoms. The maximum absolute atomic E-state index is 5.97. The first kappa shape index (κ1) is 13.6. The standard InChI is InChI=1S/C13H21N5O/c1-4-6-7-8-9-15-11(14)10-12(16-9)18(5-2)13(17-10)19-3/h4-8H2,1-3H3,(H2,14,15,16). The fourth-order valence-electron chi connectivity index (χ4n) is 2.13. The third-order valence-electron chi connectivity index (χ3n) is 3.14. The van der Waals surface area contributed by atoms with E-state index in [0.717, 1.165) is 30.9 Å². The Morgan fingerprint density at radius 3 is 2.58 bits per heavy atom. The lowest BCUT2D eigenvalue weighted by Crippen LogP contribution is -2.04. The van der Waals surface area contributed by atoms with E-state index in [-0.39, 0.29) is 0 Å². The van der Waals surface area contributed by atoms with Crippen LogP contribution in [0.4, 0.5) is 5.82 Å². The molecule has 0 amide bonds. The van der Waals surface area contributed by atoms with Crippen LogP contribution in [0.15, 0.2) is 0 Å². The Kier molecular flexibility index (Phi) is 4.19. The molecule has 2 rings (SSSR count). The van der Waals surface area contributed by atoms with Crippen LogP contribution < -0.4 is 10.5 Å². The minimum Gasteiger partial charge on any atom is -0.468 e. The van der Waals surface area contributed by atoms with E-state index in [1.54, 1.807) is 7.11 Å². The van der Waals surface area contributed by atoms with E-state index >= 15 is 0 Å². The van der Waals surface area contributed by atoms with Gasteiger partial charge in [-0.3, -0.25) is 4.57 Å². The number of nitrogen functional groups attached to an aromatic ring is 1. The molecule has 0 bridgehead atoms. The van der Waals surface area contributed by atoms with Gasteiger partial charge in [-0.2, -0.15) is 4.98 Å². The van der Waals surface area contributed by atoms with Crippen molar-refractivity contribution in [1.29, 1.82) is 0 Å². The Morgan fingerprint density at radius 1 is 1.16 bits per heavy atom. The van der Waals surface area contributed by atoms with Gasteiger partial charge in [0.1, 0.15) is 5.82 Å². The zero-order valence-corrected chi connectivity index (χ0v) is 11.8. The summed E-state index contributed by atoms with van der Waals surface area (Å²) in [7, 11) is 1.60. The van der Waals surface area contributed by atoms with Crippen LogP contribution in [0.1, 0.15) is 38.9 Å². The molecule has 0 spiro atoms. The highest BCUT2D eigenvalue weighted by molar-refractivity contribution is 5.82. The number of fused-ring (bicyclic) bond motifs is 1. The number of rotatable bonds is 6. The van der Waals surface area contributed by atoms with Gasteiger partial charge in [0.05, 0.1) is 7.11 Å². The second-order valence-corrected chi connectivity index (χ2v) is 4.50. The maximum Gasteiger partial charge on any atom is 0.298 e. The van der Waals surface area contributed by atoms with Crippen LogP contribution in [0.3, 0.4) is 0 Å². The van der Waals surface area contributed by atoms with E-state index in [2.05, 4.69) is 21.9 Å². The first-order valence-corrected chi connectivity index (χ1v) is 6.77. The smallest absolute Gasteiger partial charge is 0.298 e. The highest BCUT2D eigenvalue weighted by atomic mass is 16.5. The number of ether oxygens (including phenoxy) is 1. The molecule has 0 saturated heterocycles. The van der Waals surface area contributed by atoms with Crippen LogP contribution in [0.2, 0.25) is 0 Å². The molecule has 0 unspecified atom stereocenters. The first-order valence-electron chi connectivity index (χ1n) is 6.77. The molecule has 6 nitrogen and oxygen atoms in total. The Bertz CT molecular complexity index is 564. The number of hydrogen-bond donors (Lipinski definition) is 1. The molecule has 19 heavy (non-hydrogen) atoms. The average molecular weight is 263 g/mol. The fraction of sp³-hybridized carbons (Fsp3) is 0.615. The lowest BCUT2D eigenvalue weighted by molar-refractivity contribution is 0.362. The van der Waals surface area contributed by atoms with Gasteiger partial charge in [-0.25, -0.2) is 9.97 Å². The van der Waals surface area contributed by atoms with Gasteiger partial charge in [-0.15, -0.1) is 0 Å². The number of nitrogens with two attached hydrogens (primary N) is 1. The van der Waals surface area contributed by atoms with Gasteiger partial charge in [-0.05, 0) is 13.3 Å². The van der Waals surface area contributed by atoms with Crippen molar-refractivity contribution in [3.8, 4) is 6.01 Å². The number of methoxy groups -OCH3 is 1. The number of aromatic nitrogens is 4. The number of anilines is 1. The van der Waals surface area contributed by atoms with Crippen LogP contribution in [-0.4, -0.2) is 26.6 Å². The molecule has 0 aliphatic carbocycles. The average Bonchev–Trinajstić information content (AvgIpc) is 2.77. The molecule has 2 N–H and O–H groups in total. The summed E-state index contributed by atoms with van der Waals surface area (Å²) >= 11 is 0. The monoisotopic (exact) mass is 263 g/mol. The Labute approximate surface area is 113 Å². The number of imidazole rings is 1. The van der Waals surface area contributed by atoms with E-state index in [1.807, 2.05) is 11.5 Å². The summed E-state index contributed by atoms with van der Waals surface area (Å²) in [6.07, 6.45) is 4.29. The Morgan fingerprint density at radius 2 is 1.95 bits per heavy atom. The van der Waals surface area contributed by atoms with Crippen LogP contribution in [-0.2, 0) is 13.0 Å². The zero-order valence-electron chi connectivity index (χ0n) is 11.8. The third-order valence-corrected chi connectivity index (χ3v) is 3.14. The van der Waals surface area contributed by atoms with Crippen LogP contribution in [0.5, 0.6) is 6.01 Å². The Balaban J connectivity index is 2.42. The lowest BCUT2D eigenvalue weighted by atomic mass is 10.2. The molecule has 0 aliphatic heterocycles. The molecule has 0 radical (unpaired) electrons. The molecule has 0 aliphatic rings. The maximum atomic E-state index is 5.97. The molecule has 104 valence electrons. The molecule has 2 aromatic rings. The lowest BCUT2D eigenvalue weighted by Gasteiger charge is -2.05. The highest BCUT2D eigenvalue weighted by Crippen LogP contribution is 2.23. The molecule has 0 saturated carbocycles. The molecule has 2 heterocycles. The summed E-state index contributed by atoms with van der Waals surface area (Å²) in [5, 5.41) is 0. The fourth-order valence-corrected chi connectivity index (χ4v) is 2.13. The normalized spacial score (nSPS) is 11.1. The number of nitrogens with zero attached hydrogens (tertiary/aromatic N) is 4. The summed E-state index contributed by atoms with van der Waals surface area (Å²) < 4.78 is 7.16. The molecule has 0 aromatic carbocycles. The minimum atomic E-state index is 0.432.